The van der Waals surface area contributed by atoms with Crippen LogP contribution in [0.2, 0.25) is 0 Å². The van der Waals surface area contributed by atoms with E-state index in [-0.39, 0.29) is 11.9 Å². The van der Waals surface area contributed by atoms with Gasteiger partial charge in [-0.05, 0) is 6.92 Å². The molecule has 17 heavy (non-hydrogen) atoms. The lowest BCUT2D eigenvalue weighted by Gasteiger charge is -2.27. The van der Waals surface area contributed by atoms with Crippen LogP contribution in [0.5, 0.6) is 0 Å². The molecule has 0 saturated heterocycles. The smallest absolute Gasteiger partial charge is 0.319 e. The number of carbonyl (C=O) groups is 1. The molecule has 3 N–H and O–H groups in total. The van der Waals surface area contributed by atoms with E-state index in [1.807, 2.05) is 6.92 Å². The molecule has 0 aliphatic heterocycles. The highest BCUT2D eigenvalue weighted by Crippen LogP contribution is 1.99. The van der Waals surface area contributed by atoms with Gasteiger partial charge in [0.1, 0.15) is 5.84 Å². The number of oxime groups is 1. The van der Waals surface area contributed by atoms with Crippen molar-refractivity contribution < 1.29 is 14.7 Å². The normalized spacial score (nSPS) is 11.4. The number of carbonyl (C=O) groups excluding carboxylic acids is 1. The molecule has 0 heterocycles. The lowest BCUT2D eigenvalue weighted by Crippen LogP contribution is -2.43. The molecule has 7 heteroatoms. The van der Waals surface area contributed by atoms with Crippen LogP contribution in [0.25, 0.3) is 0 Å². The van der Waals surface area contributed by atoms with Crippen molar-refractivity contribution in [3.8, 4) is 0 Å². The zero-order valence-corrected chi connectivity index (χ0v) is 10.7. The molecular formula is C10H22N4O3. The maximum atomic E-state index is 11.9. The van der Waals surface area contributed by atoms with Crippen LogP contribution in [-0.2, 0) is 4.74 Å². The molecule has 0 aromatic rings. The average molecular weight is 246 g/mol. The predicted molar refractivity (Wildman–Crippen MR) is 65.2 cm³/mol. The van der Waals surface area contributed by atoms with Crippen molar-refractivity contribution in [1.29, 1.82) is 0 Å². The Kier molecular flexibility index (Phi) is 7.87. The van der Waals surface area contributed by atoms with E-state index in [1.165, 1.54) is 0 Å². The first-order chi connectivity index (χ1) is 8.06. The third-order valence-electron chi connectivity index (χ3n) is 2.40. The maximum absolute atomic E-state index is 11.9. The topological polar surface area (TPSA) is 91.4 Å². The van der Waals surface area contributed by atoms with Gasteiger partial charge in [0.15, 0.2) is 0 Å². The van der Waals surface area contributed by atoms with Gasteiger partial charge in [-0.1, -0.05) is 5.16 Å². The fourth-order valence-corrected chi connectivity index (χ4v) is 1.18. The minimum atomic E-state index is -0.0877. The number of nitrogens with two attached hydrogens (primary N) is 1. The number of amidine groups is 1. The molecule has 0 atom stereocenters. The monoisotopic (exact) mass is 246 g/mol. The molecule has 0 aliphatic carbocycles. The molecule has 7 nitrogen and oxygen atoms in total. The highest BCUT2D eigenvalue weighted by molar-refractivity contribution is 5.80. The van der Waals surface area contributed by atoms with Gasteiger partial charge in [-0.2, -0.15) is 0 Å². The van der Waals surface area contributed by atoms with Crippen LogP contribution < -0.4 is 5.73 Å². The van der Waals surface area contributed by atoms with Gasteiger partial charge in [0.2, 0.25) is 0 Å². The third-order valence-corrected chi connectivity index (χ3v) is 2.40. The van der Waals surface area contributed by atoms with Gasteiger partial charge in [-0.3, -0.25) is 0 Å². The molecule has 0 radical (unpaired) electrons. The molecule has 2 amide bonds. The third kappa shape index (κ3) is 5.96. The molecule has 100 valence electrons. The van der Waals surface area contributed by atoms with Gasteiger partial charge in [-0.25, -0.2) is 4.79 Å². The van der Waals surface area contributed by atoms with Crippen LogP contribution >= 0.6 is 0 Å². The lowest BCUT2D eigenvalue weighted by molar-refractivity contribution is 0.133. The van der Waals surface area contributed by atoms with Crippen molar-refractivity contribution in [2.24, 2.45) is 10.9 Å². The summed E-state index contributed by atoms with van der Waals surface area (Å²) >= 11 is 0. The van der Waals surface area contributed by atoms with E-state index < -0.39 is 0 Å². The van der Waals surface area contributed by atoms with Crippen molar-refractivity contribution in [2.75, 3.05) is 40.4 Å². The summed E-state index contributed by atoms with van der Waals surface area (Å²) in [5.41, 5.74) is 5.38. The van der Waals surface area contributed by atoms with Gasteiger partial charge in [0.05, 0.1) is 6.61 Å². The Balaban J connectivity index is 4.36. The quantitative estimate of drug-likeness (QED) is 0.289. The second kappa shape index (κ2) is 8.63. The van der Waals surface area contributed by atoms with Crippen LogP contribution in [-0.4, -0.2) is 67.3 Å². The first-order valence-electron chi connectivity index (χ1n) is 5.52. The van der Waals surface area contributed by atoms with Crippen LogP contribution in [0, 0.1) is 0 Å². The summed E-state index contributed by atoms with van der Waals surface area (Å²) in [5.74, 6) is 0.111. The lowest BCUT2D eigenvalue weighted by atomic mass is 10.3. The number of ether oxygens (including phenoxy) is 1. The Bertz CT molecular complexity index is 258. The fourth-order valence-electron chi connectivity index (χ4n) is 1.18. The van der Waals surface area contributed by atoms with Gasteiger partial charge < -0.3 is 25.5 Å². The van der Waals surface area contributed by atoms with Crippen LogP contribution in [0.3, 0.4) is 0 Å². The summed E-state index contributed by atoms with van der Waals surface area (Å²) in [6.07, 6.45) is 0.337. The second-order valence-corrected chi connectivity index (χ2v) is 3.62. The zero-order chi connectivity index (χ0) is 13.3. The minimum Gasteiger partial charge on any atom is -0.409 e. The van der Waals surface area contributed by atoms with Gasteiger partial charge in [-0.15, -0.1) is 0 Å². The Labute approximate surface area is 102 Å². The van der Waals surface area contributed by atoms with E-state index in [0.29, 0.717) is 32.7 Å². The van der Waals surface area contributed by atoms with Crippen LogP contribution in [0.1, 0.15) is 13.3 Å². The van der Waals surface area contributed by atoms with Gasteiger partial charge in [0.25, 0.3) is 0 Å². The molecule has 0 saturated carbocycles. The summed E-state index contributed by atoms with van der Waals surface area (Å²) in [6, 6.07) is -0.0877. The maximum Gasteiger partial charge on any atom is 0.319 e. The van der Waals surface area contributed by atoms with E-state index in [2.05, 4.69) is 5.16 Å². The molecule has 0 bridgehead atoms. The predicted octanol–water partition coefficient (Wildman–Crippen LogP) is 0.143. The van der Waals surface area contributed by atoms with E-state index in [0.717, 1.165) is 0 Å². The van der Waals surface area contributed by atoms with Crippen molar-refractivity contribution in [1.82, 2.24) is 9.80 Å². The number of hydrogen-bond acceptors (Lipinski definition) is 4. The molecule has 0 aromatic carbocycles. The number of hydrogen-bond donors (Lipinski definition) is 2. The SMILES string of the molecule is CCN(C)C(=O)N(CCOC)CCC(N)=NO. The molecule has 0 spiro atoms. The Morgan fingerprint density at radius 3 is 2.59 bits per heavy atom. The Hall–Kier alpha value is -1.50. The van der Waals surface area contributed by atoms with Gasteiger partial charge >= 0.3 is 6.03 Å². The van der Waals surface area contributed by atoms with Crippen LogP contribution in [0.15, 0.2) is 5.16 Å². The number of nitrogens with zero attached hydrogens (tertiary/aromatic N) is 3. The van der Waals surface area contributed by atoms with E-state index >= 15 is 0 Å². The average Bonchev–Trinajstić information content (AvgIpc) is 2.36. The molecule has 0 unspecified atom stereocenters. The molecule has 0 fully saturated rings. The first-order valence-corrected chi connectivity index (χ1v) is 5.52. The first kappa shape index (κ1) is 15.5. The highest BCUT2D eigenvalue weighted by atomic mass is 16.5. The fraction of sp³-hybridized carbons (Fsp3) is 0.800. The summed E-state index contributed by atoms with van der Waals surface area (Å²) < 4.78 is 4.95. The largest absolute Gasteiger partial charge is 0.409 e. The molecule has 0 aliphatic rings. The Morgan fingerprint density at radius 1 is 1.47 bits per heavy atom. The highest BCUT2D eigenvalue weighted by Gasteiger charge is 2.16. The summed E-state index contributed by atoms with van der Waals surface area (Å²) in [6.45, 7) is 3.88. The number of rotatable bonds is 7. The minimum absolute atomic E-state index is 0.0877. The summed E-state index contributed by atoms with van der Waals surface area (Å²) in [4.78, 5) is 15.1. The van der Waals surface area contributed by atoms with E-state index in [1.54, 1.807) is 24.0 Å². The van der Waals surface area contributed by atoms with E-state index in [9.17, 15) is 4.79 Å². The van der Waals surface area contributed by atoms with Crippen LogP contribution in [0.4, 0.5) is 4.79 Å². The van der Waals surface area contributed by atoms with Crippen molar-refractivity contribution >= 4 is 11.9 Å². The van der Waals surface area contributed by atoms with Crippen molar-refractivity contribution in [3.05, 3.63) is 0 Å². The molecule has 0 aromatic heterocycles. The number of amides is 2. The summed E-state index contributed by atoms with van der Waals surface area (Å²) in [5, 5.41) is 11.3. The second-order valence-electron chi connectivity index (χ2n) is 3.62. The zero-order valence-electron chi connectivity index (χ0n) is 10.7. The molecular weight excluding hydrogens is 224 g/mol. The molecule has 0 rings (SSSR count). The summed E-state index contributed by atoms with van der Waals surface area (Å²) in [7, 11) is 3.31. The van der Waals surface area contributed by atoms with Crippen molar-refractivity contribution in [3.63, 3.8) is 0 Å². The Morgan fingerprint density at radius 2 is 2.12 bits per heavy atom. The number of urea groups is 1. The number of methoxy groups -OCH3 is 1. The standard InChI is InChI=1S/C10H22N4O3/c1-4-13(2)10(15)14(7-8-17-3)6-5-9(11)12-16/h16H,4-8H2,1-3H3,(H2,11,12). The van der Waals surface area contributed by atoms with Crippen molar-refractivity contribution in [2.45, 2.75) is 13.3 Å². The van der Waals surface area contributed by atoms with Gasteiger partial charge in [0, 0.05) is 40.2 Å². The van der Waals surface area contributed by atoms with E-state index in [4.69, 9.17) is 15.7 Å².